The second-order valence-corrected chi connectivity index (χ2v) is 9.85. The predicted octanol–water partition coefficient (Wildman–Crippen LogP) is 5.81. The number of halogens is 2. The van der Waals surface area contributed by atoms with Gasteiger partial charge in [-0.05, 0) is 90.3 Å². The number of carbonyl (C=O) groups excluding carboxylic acids is 2. The van der Waals surface area contributed by atoms with Crippen LogP contribution < -0.4 is 15.5 Å². The van der Waals surface area contributed by atoms with Crippen LogP contribution in [0.5, 0.6) is 5.75 Å². The summed E-state index contributed by atoms with van der Waals surface area (Å²) in [7, 11) is 0. The number of hydrogen-bond donors (Lipinski definition) is 2. The molecule has 2 aromatic heterocycles. The number of hydrazone groups is 1. The maximum absolute atomic E-state index is 12.6. The Balaban J connectivity index is 1.30. The van der Waals surface area contributed by atoms with Gasteiger partial charge >= 0.3 is 5.91 Å². The number of aromatic nitrogens is 2. The molecular formula is C27H25BrClN5O4. The third-order valence-electron chi connectivity index (χ3n) is 5.51. The summed E-state index contributed by atoms with van der Waals surface area (Å²) in [6, 6.07) is 15.6. The predicted molar refractivity (Wildman–Crippen MR) is 149 cm³/mol. The average molecular weight is 599 g/mol. The zero-order valence-corrected chi connectivity index (χ0v) is 23.2. The monoisotopic (exact) mass is 597 g/mol. The van der Waals surface area contributed by atoms with Gasteiger partial charge < -0.3 is 14.5 Å². The Morgan fingerprint density at radius 1 is 1.18 bits per heavy atom. The smallest absolute Gasteiger partial charge is 0.307 e. The highest BCUT2D eigenvalue weighted by atomic mass is 79.9. The van der Waals surface area contributed by atoms with Gasteiger partial charge in [0, 0.05) is 16.9 Å². The Morgan fingerprint density at radius 2 is 1.95 bits per heavy atom. The molecule has 9 nitrogen and oxygen atoms in total. The molecule has 0 saturated carbocycles. The summed E-state index contributed by atoms with van der Waals surface area (Å²) >= 11 is 9.32. The number of carbonyl (C=O) groups is 2. The highest BCUT2D eigenvalue weighted by Gasteiger charge is 2.16. The van der Waals surface area contributed by atoms with Gasteiger partial charge in [0.1, 0.15) is 11.5 Å². The molecule has 0 aliphatic heterocycles. The Bertz CT molecular complexity index is 1480. The summed E-state index contributed by atoms with van der Waals surface area (Å²) in [4.78, 5) is 25.0. The van der Waals surface area contributed by atoms with Crippen LogP contribution in [0.15, 0.2) is 81.0 Å². The van der Waals surface area contributed by atoms with E-state index in [4.69, 9.17) is 20.8 Å². The van der Waals surface area contributed by atoms with Gasteiger partial charge in [-0.15, -0.1) is 0 Å². The van der Waals surface area contributed by atoms with Crippen LogP contribution in [0.25, 0.3) is 0 Å². The van der Waals surface area contributed by atoms with Crippen molar-refractivity contribution in [2.75, 3.05) is 5.32 Å². The first-order valence-electron chi connectivity index (χ1n) is 11.6. The molecule has 196 valence electrons. The van der Waals surface area contributed by atoms with E-state index in [-0.39, 0.29) is 11.7 Å². The third kappa shape index (κ3) is 7.11. The quantitative estimate of drug-likeness (QED) is 0.187. The number of aryl methyl sites for hydroxylation is 1. The Kier molecular flexibility index (Phi) is 8.65. The summed E-state index contributed by atoms with van der Waals surface area (Å²) in [5, 5.41) is 11.8. The lowest BCUT2D eigenvalue weighted by Crippen LogP contribution is -2.30. The Labute approximate surface area is 232 Å². The van der Waals surface area contributed by atoms with Crippen molar-refractivity contribution in [3.05, 3.63) is 99.1 Å². The number of benzene rings is 2. The molecule has 0 aliphatic rings. The Morgan fingerprint density at radius 3 is 2.63 bits per heavy atom. The Hall–Kier alpha value is -3.89. The number of hydrogen-bond acceptors (Lipinski definition) is 6. The zero-order valence-electron chi connectivity index (χ0n) is 20.9. The third-order valence-corrected chi connectivity index (χ3v) is 6.15. The summed E-state index contributed by atoms with van der Waals surface area (Å²) in [6.07, 6.45) is 2.77. The zero-order chi connectivity index (χ0) is 27.2. The minimum Gasteiger partial charge on any atom is -0.481 e. The number of rotatable bonds is 9. The van der Waals surface area contributed by atoms with Crippen molar-refractivity contribution in [2.45, 2.75) is 33.4 Å². The highest BCUT2D eigenvalue weighted by Crippen LogP contribution is 2.23. The van der Waals surface area contributed by atoms with Crippen LogP contribution in [0.4, 0.5) is 5.69 Å². The van der Waals surface area contributed by atoms with Gasteiger partial charge in [0.2, 0.25) is 0 Å². The molecule has 2 amide bonds. The second kappa shape index (κ2) is 12.1. The van der Waals surface area contributed by atoms with Crippen molar-refractivity contribution >= 4 is 50.7 Å². The molecule has 11 heteroatoms. The molecule has 1 atom stereocenters. The molecule has 0 aliphatic carbocycles. The van der Waals surface area contributed by atoms with Crippen LogP contribution in [0.1, 0.15) is 41.3 Å². The first-order chi connectivity index (χ1) is 18.2. The molecule has 0 fully saturated rings. The average Bonchev–Trinajstić information content (AvgIpc) is 3.53. The molecular weight excluding hydrogens is 574 g/mol. The number of nitrogens with one attached hydrogen (secondary N) is 2. The summed E-state index contributed by atoms with van der Waals surface area (Å²) in [6.45, 7) is 5.71. The van der Waals surface area contributed by atoms with Crippen molar-refractivity contribution < 1.29 is 18.7 Å². The van der Waals surface area contributed by atoms with Gasteiger partial charge in [-0.3, -0.25) is 14.3 Å². The number of amides is 2. The fourth-order valence-corrected chi connectivity index (χ4v) is 4.01. The van der Waals surface area contributed by atoms with Gasteiger partial charge in [-0.2, -0.15) is 10.2 Å². The van der Waals surface area contributed by atoms with E-state index >= 15 is 0 Å². The molecule has 38 heavy (non-hydrogen) atoms. The van der Waals surface area contributed by atoms with E-state index in [0.29, 0.717) is 34.5 Å². The number of nitrogens with zero attached hydrogens (tertiary/aromatic N) is 3. The molecule has 0 spiro atoms. The fourth-order valence-electron chi connectivity index (χ4n) is 3.45. The van der Waals surface area contributed by atoms with Crippen LogP contribution in [-0.4, -0.2) is 33.4 Å². The van der Waals surface area contributed by atoms with Crippen LogP contribution in [-0.2, 0) is 11.3 Å². The van der Waals surface area contributed by atoms with Crippen LogP contribution in [0, 0.1) is 6.92 Å². The van der Waals surface area contributed by atoms with Gasteiger partial charge in [-0.25, -0.2) is 5.43 Å². The van der Waals surface area contributed by atoms with E-state index in [1.165, 1.54) is 0 Å². The van der Waals surface area contributed by atoms with E-state index in [2.05, 4.69) is 36.9 Å². The molecule has 2 N–H and O–H groups in total. The molecule has 0 saturated heterocycles. The molecule has 4 rings (SSSR count). The lowest BCUT2D eigenvalue weighted by Gasteiger charge is -2.16. The van der Waals surface area contributed by atoms with Crippen LogP contribution in [0.2, 0.25) is 5.02 Å². The molecule has 2 aromatic carbocycles. The summed E-state index contributed by atoms with van der Waals surface area (Å²) in [5.41, 5.74) is 5.31. The molecule has 2 heterocycles. The standard InChI is InChI=1S/C27H25BrClN5O4/c1-16-12-21(29)6-10-24(16)37-18(3)26(35)31-22-7-4-19(5-8-22)17(2)32-33-27(36)25-11-9-23(38-25)15-34-14-20(28)13-30-34/h4-14,18H,15H2,1-3H3,(H,31,35)(H,33,36). The maximum atomic E-state index is 12.6. The van der Waals surface area contributed by atoms with Crippen molar-refractivity contribution in [3.63, 3.8) is 0 Å². The molecule has 1 unspecified atom stereocenters. The minimum absolute atomic E-state index is 0.144. The van der Waals surface area contributed by atoms with Crippen molar-refractivity contribution in [2.24, 2.45) is 5.10 Å². The number of ether oxygens (including phenoxy) is 1. The molecule has 4 aromatic rings. The lowest BCUT2D eigenvalue weighted by atomic mass is 10.1. The van der Waals surface area contributed by atoms with Gasteiger partial charge in [-0.1, -0.05) is 23.7 Å². The summed E-state index contributed by atoms with van der Waals surface area (Å²) < 4.78 is 13.9. The largest absolute Gasteiger partial charge is 0.481 e. The topological polar surface area (TPSA) is 111 Å². The van der Waals surface area contributed by atoms with Crippen molar-refractivity contribution in [3.8, 4) is 5.75 Å². The van der Waals surface area contributed by atoms with E-state index < -0.39 is 12.0 Å². The SMILES string of the molecule is CC(=NNC(=O)c1ccc(Cn2cc(Br)cn2)o1)c1ccc(NC(=O)C(C)Oc2ccc(Cl)cc2C)cc1. The normalized spacial score (nSPS) is 12.2. The van der Waals surface area contributed by atoms with E-state index in [0.717, 1.165) is 15.6 Å². The van der Waals surface area contributed by atoms with Gasteiger partial charge in [0.15, 0.2) is 11.9 Å². The number of anilines is 1. The van der Waals surface area contributed by atoms with E-state index in [1.807, 2.05) is 13.1 Å². The number of furan rings is 1. The van der Waals surface area contributed by atoms with Crippen molar-refractivity contribution in [1.82, 2.24) is 15.2 Å². The lowest BCUT2D eigenvalue weighted by molar-refractivity contribution is -0.122. The minimum atomic E-state index is -0.711. The van der Waals surface area contributed by atoms with Crippen molar-refractivity contribution in [1.29, 1.82) is 0 Å². The van der Waals surface area contributed by atoms with Gasteiger partial charge in [0.25, 0.3) is 5.91 Å². The second-order valence-electron chi connectivity index (χ2n) is 8.50. The molecule has 0 radical (unpaired) electrons. The fraction of sp³-hybridized carbons (Fsp3) is 0.185. The van der Waals surface area contributed by atoms with Crippen LogP contribution in [0.3, 0.4) is 0 Å². The highest BCUT2D eigenvalue weighted by molar-refractivity contribution is 9.10. The maximum Gasteiger partial charge on any atom is 0.307 e. The van der Waals surface area contributed by atoms with Gasteiger partial charge in [0.05, 0.1) is 22.9 Å². The first-order valence-corrected chi connectivity index (χ1v) is 12.8. The first kappa shape index (κ1) is 27.2. The van der Waals surface area contributed by atoms with Crippen LogP contribution >= 0.6 is 27.5 Å². The van der Waals surface area contributed by atoms with E-state index in [9.17, 15) is 9.59 Å². The summed E-state index contributed by atoms with van der Waals surface area (Å²) in [5.74, 6) is 0.574. The molecule has 0 bridgehead atoms. The van der Waals surface area contributed by atoms with E-state index in [1.54, 1.807) is 79.3 Å².